The van der Waals surface area contributed by atoms with Gasteiger partial charge in [0.2, 0.25) is 0 Å². The normalized spacial score (nSPS) is 14.3. The maximum absolute atomic E-state index is 5.44. The molecule has 0 heterocycles. The second kappa shape index (κ2) is 23.7. The first-order valence-electron chi connectivity index (χ1n) is 16.5. The van der Waals surface area contributed by atoms with Crippen LogP contribution in [-0.2, 0) is 9.47 Å². The fraction of sp³-hybridized carbons (Fsp3) is 1.00. The summed E-state index contributed by atoms with van der Waals surface area (Å²) in [4.78, 5) is 0. The molecular weight excluding hydrogens is 454 g/mol. The van der Waals surface area contributed by atoms with Crippen LogP contribution in [0.3, 0.4) is 0 Å². The summed E-state index contributed by atoms with van der Waals surface area (Å²) in [5.41, 5.74) is 0.623. The lowest BCUT2D eigenvalue weighted by atomic mass is 9.78. The Balaban J connectivity index is 4.18. The van der Waals surface area contributed by atoms with Gasteiger partial charge in [-0.15, -0.1) is 0 Å². The molecule has 0 aromatic carbocycles. The lowest BCUT2D eigenvalue weighted by molar-refractivity contribution is 0.142. The first-order chi connectivity index (χ1) is 17.6. The van der Waals surface area contributed by atoms with E-state index in [1.54, 1.807) is 0 Å². The molecule has 0 aliphatic heterocycles. The zero-order valence-corrected chi connectivity index (χ0v) is 27.0. The van der Waals surface area contributed by atoms with Crippen molar-refractivity contribution >= 4 is 0 Å². The van der Waals surface area contributed by atoms with Gasteiger partial charge in [0.25, 0.3) is 0 Å². The highest BCUT2D eigenvalue weighted by Gasteiger charge is 2.31. The Kier molecular flexibility index (Phi) is 23.7. The minimum Gasteiger partial charge on any atom is -0.382 e. The maximum atomic E-state index is 5.44. The molecule has 0 spiro atoms. The molecule has 0 saturated carbocycles. The summed E-state index contributed by atoms with van der Waals surface area (Å²) < 4.78 is 10.9. The van der Waals surface area contributed by atoms with Crippen LogP contribution < -0.4 is 5.32 Å². The van der Waals surface area contributed by atoms with Gasteiger partial charge in [0.1, 0.15) is 0 Å². The molecule has 0 aromatic heterocycles. The first-order valence-corrected chi connectivity index (χ1v) is 16.5. The third kappa shape index (κ3) is 23.5. The van der Waals surface area contributed by atoms with Crippen LogP contribution in [0.1, 0.15) is 171 Å². The Morgan fingerprint density at radius 1 is 0.432 bits per heavy atom. The summed E-state index contributed by atoms with van der Waals surface area (Å²) in [6, 6.07) is 1.21. The van der Waals surface area contributed by atoms with Gasteiger partial charge in [-0.2, -0.15) is 0 Å². The highest BCUT2D eigenvalue weighted by atomic mass is 16.5. The zero-order valence-electron chi connectivity index (χ0n) is 27.0. The molecule has 0 radical (unpaired) electrons. The van der Waals surface area contributed by atoms with Crippen LogP contribution in [0.25, 0.3) is 0 Å². The molecule has 1 N–H and O–H groups in total. The standard InChI is InChI=1S/C34H71NO2/c1-9-36-29-25-21-17-13-11-15-19-23-27-31(33(3,4)5)35-32(34(6,7)8)28-24-20-16-12-14-18-22-26-30-37-10-2/h31-32,35H,9-30H2,1-8H3. The highest BCUT2D eigenvalue weighted by molar-refractivity contribution is 4.88. The van der Waals surface area contributed by atoms with E-state index < -0.39 is 0 Å². The van der Waals surface area contributed by atoms with Gasteiger partial charge < -0.3 is 14.8 Å². The van der Waals surface area contributed by atoms with Crippen molar-refractivity contribution in [3.05, 3.63) is 0 Å². The van der Waals surface area contributed by atoms with Crippen molar-refractivity contribution < 1.29 is 9.47 Å². The fourth-order valence-electron chi connectivity index (χ4n) is 5.29. The minimum atomic E-state index is 0.312. The van der Waals surface area contributed by atoms with Gasteiger partial charge in [0, 0.05) is 38.5 Å². The number of nitrogens with one attached hydrogen (secondary N) is 1. The molecule has 0 saturated heterocycles. The average Bonchev–Trinajstić information content (AvgIpc) is 2.82. The summed E-state index contributed by atoms with van der Waals surface area (Å²) in [6.45, 7) is 22.4. The van der Waals surface area contributed by atoms with Crippen LogP contribution in [-0.4, -0.2) is 38.5 Å². The van der Waals surface area contributed by atoms with Gasteiger partial charge >= 0.3 is 0 Å². The highest BCUT2D eigenvalue weighted by Crippen LogP contribution is 2.30. The molecule has 3 heteroatoms. The van der Waals surface area contributed by atoms with Crippen molar-refractivity contribution in [2.24, 2.45) is 10.8 Å². The topological polar surface area (TPSA) is 30.5 Å². The van der Waals surface area contributed by atoms with Gasteiger partial charge in [0.15, 0.2) is 0 Å². The third-order valence-corrected chi connectivity index (χ3v) is 7.96. The monoisotopic (exact) mass is 526 g/mol. The maximum Gasteiger partial charge on any atom is 0.0465 e. The summed E-state index contributed by atoms with van der Waals surface area (Å²) in [7, 11) is 0. The van der Waals surface area contributed by atoms with Gasteiger partial charge in [0.05, 0.1) is 0 Å². The predicted octanol–water partition coefficient (Wildman–Crippen LogP) is 10.5. The van der Waals surface area contributed by atoms with Crippen LogP contribution in [0.15, 0.2) is 0 Å². The molecule has 0 aromatic rings. The number of ether oxygens (including phenoxy) is 2. The van der Waals surface area contributed by atoms with Crippen molar-refractivity contribution in [1.82, 2.24) is 5.32 Å². The lowest BCUT2D eigenvalue weighted by Gasteiger charge is -2.40. The summed E-state index contributed by atoms with van der Waals surface area (Å²) in [5.74, 6) is 0. The second-order valence-electron chi connectivity index (χ2n) is 13.6. The SMILES string of the molecule is CCOCCCCCCCCCCC(NC(CCCCCCCCCCOCC)C(C)(C)C)C(C)(C)C. The minimum absolute atomic E-state index is 0.312. The molecule has 37 heavy (non-hydrogen) atoms. The van der Waals surface area contributed by atoms with Gasteiger partial charge in [-0.3, -0.25) is 0 Å². The molecule has 0 amide bonds. The number of rotatable bonds is 26. The van der Waals surface area contributed by atoms with E-state index in [4.69, 9.17) is 9.47 Å². The van der Waals surface area contributed by atoms with E-state index in [9.17, 15) is 0 Å². The molecule has 0 aliphatic carbocycles. The van der Waals surface area contributed by atoms with Gasteiger partial charge in [-0.25, -0.2) is 0 Å². The molecule has 224 valence electrons. The molecule has 0 bridgehead atoms. The second-order valence-corrected chi connectivity index (χ2v) is 13.6. The first kappa shape index (κ1) is 36.9. The molecule has 2 atom stereocenters. The van der Waals surface area contributed by atoms with E-state index >= 15 is 0 Å². The number of hydrogen-bond acceptors (Lipinski definition) is 3. The van der Waals surface area contributed by atoms with Crippen LogP contribution in [0.2, 0.25) is 0 Å². The van der Waals surface area contributed by atoms with E-state index in [0.717, 1.165) is 26.4 Å². The van der Waals surface area contributed by atoms with Crippen molar-refractivity contribution in [1.29, 1.82) is 0 Å². The average molecular weight is 526 g/mol. The smallest absolute Gasteiger partial charge is 0.0465 e. The molecule has 0 aliphatic rings. The lowest BCUT2D eigenvalue weighted by Crippen LogP contribution is -2.50. The molecule has 0 fully saturated rings. The molecule has 0 rings (SSSR count). The predicted molar refractivity (Wildman–Crippen MR) is 166 cm³/mol. The van der Waals surface area contributed by atoms with Gasteiger partial charge in [-0.05, 0) is 50.4 Å². The van der Waals surface area contributed by atoms with E-state index in [1.165, 1.54) is 116 Å². The third-order valence-electron chi connectivity index (χ3n) is 7.96. The van der Waals surface area contributed by atoms with Crippen molar-refractivity contribution in [2.75, 3.05) is 26.4 Å². The van der Waals surface area contributed by atoms with Crippen LogP contribution >= 0.6 is 0 Å². The van der Waals surface area contributed by atoms with E-state index in [1.807, 2.05) is 0 Å². The Bertz CT molecular complexity index is 423. The zero-order chi connectivity index (χ0) is 27.8. The quantitative estimate of drug-likeness (QED) is 0.114. The fourth-order valence-corrected chi connectivity index (χ4v) is 5.29. The Hall–Kier alpha value is -0.120. The van der Waals surface area contributed by atoms with Crippen LogP contribution in [0.4, 0.5) is 0 Å². The number of hydrogen-bond donors (Lipinski definition) is 1. The van der Waals surface area contributed by atoms with E-state index in [0.29, 0.717) is 22.9 Å². The van der Waals surface area contributed by atoms with Crippen molar-refractivity contribution in [2.45, 2.75) is 183 Å². The largest absolute Gasteiger partial charge is 0.382 e. The van der Waals surface area contributed by atoms with Crippen LogP contribution in [0, 0.1) is 10.8 Å². The summed E-state index contributed by atoms with van der Waals surface area (Å²) in [6.07, 6.45) is 24.4. The molecule has 3 nitrogen and oxygen atoms in total. The van der Waals surface area contributed by atoms with Crippen molar-refractivity contribution in [3.63, 3.8) is 0 Å². The Labute approximate surface area is 235 Å². The number of unbranched alkanes of at least 4 members (excludes halogenated alkanes) is 14. The van der Waals surface area contributed by atoms with E-state index in [2.05, 4.69) is 60.7 Å². The molecule has 2 unspecified atom stereocenters. The summed E-state index contributed by atoms with van der Waals surface area (Å²) in [5, 5.41) is 4.18. The Morgan fingerprint density at radius 2 is 0.703 bits per heavy atom. The van der Waals surface area contributed by atoms with Gasteiger partial charge in [-0.1, -0.05) is 131 Å². The van der Waals surface area contributed by atoms with Crippen molar-refractivity contribution in [3.8, 4) is 0 Å². The molecular formula is C34H71NO2. The van der Waals surface area contributed by atoms with E-state index in [-0.39, 0.29) is 0 Å². The summed E-state index contributed by atoms with van der Waals surface area (Å²) >= 11 is 0. The Morgan fingerprint density at radius 3 is 0.973 bits per heavy atom. The van der Waals surface area contributed by atoms with Crippen LogP contribution in [0.5, 0.6) is 0 Å².